The molecular weight excluding hydrogens is 427 g/mol. The average Bonchev–Trinajstić information content (AvgIpc) is 3.11. The average molecular weight is 462 g/mol. The standard InChI is InChI=1S/C18H34N6.HI/c1-6-19-17(20-12-16-23-22-15(4)24(16)5)21-13-18(11-14(2)3)9-7-8-10-18;/h14H,6-13H2,1-5H3,(H2,19,20,21);1H. The van der Waals surface area contributed by atoms with Gasteiger partial charge in [0.2, 0.25) is 0 Å². The van der Waals surface area contributed by atoms with Gasteiger partial charge >= 0.3 is 0 Å². The van der Waals surface area contributed by atoms with Crippen molar-refractivity contribution in [3.05, 3.63) is 11.6 Å². The molecule has 1 aliphatic carbocycles. The highest BCUT2D eigenvalue weighted by molar-refractivity contribution is 14.0. The maximum atomic E-state index is 4.70. The maximum Gasteiger partial charge on any atom is 0.191 e. The Hall–Kier alpha value is -0.860. The predicted molar refractivity (Wildman–Crippen MR) is 114 cm³/mol. The lowest BCUT2D eigenvalue weighted by atomic mass is 9.78. The highest BCUT2D eigenvalue weighted by atomic mass is 127. The molecule has 0 unspecified atom stereocenters. The zero-order valence-electron chi connectivity index (χ0n) is 16.4. The number of aliphatic imine (C=N–C) groups is 1. The molecule has 7 heteroatoms. The smallest absolute Gasteiger partial charge is 0.191 e. The SMILES string of the molecule is CCNC(=NCc1nnc(C)n1C)NCC1(CC(C)C)CCCC1.I. The molecular formula is C18H35IN6. The van der Waals surface area contributed by atoms with Crippen LogP contribution in [-0.4, -0.2) is 33.8 Å². The second kappa shape index (κ2) is 10.3. The molecule has 144 valence electrons. The van der Waals surface area contributed by atoms with Crippen molar-refractivity contribution >= 4 is 29.9 Å². The fraction of sp³-hybridized carbons (Fsp3) is 0.833. The second-order valence-corrected chi connectivity index (χ2v) is 7.58. The van der Waals surface area contributed by atoms with E-state index in [4.69, 9.17) is 4.99 Å². The molecule has 6 nitrogen and oxygen atoms in total. The van der Waals surface area contributed by atoms with Crippen LogP contribution in [0.3, 0.4) is 0 Å². The fourth-order valence-electron chi connectivity index (χ4n) is 3.80. The van der Waals surface area contributed by atoms with Gasteiger partial charge in [0.1, 0.15) is 12.4 Å². The van der Waals surface area contributed by atoms with Crippen molar-refractivity contribution in [2.24, 2.45) is 23.4 Å². The lowest BCUT2D eigenvalue weighted by Gasteiger charge is -2.32. The van der Waals surface area contributed by atoms with Crippen molar-refractivity contribution in [2.75, 3.05) is 13.1 Å². The summed E-state index contributed by atoms with van der Waals surface area (Å²) in [5.74, 6) is 3.43. The van der Waals surface area contributed by atoms with Crippen LogP contribution in [0.4, 0.5) is 0 Å². The van der Waals surface area contributed by atoms with E-state index in [9.17, 15) is 0 Å². The van der Waals surface area contributed by atoms with Crippen molar-refractivity contribution in [2.45, 2.75) is 66.3 Å². The molecule has 1 fully saturated rings. The second-order valence-electron chi connectivity index (χ2n) is 7.58. The summed E-state index contributed by atoms with van der Waals surface area (Å²) in [6, 6.07) is 0. The molecule has 0 atom stereocenters. The van der Waals surface area contributed by atoms with Crippen LogP contribution in [-0.2, 0) is 13.6 Å². The molecule has 2 rings (SSSR count). The van der Waals surface area contributed by atoms with Crippen LogP contribution in [0, 0.1) is 18.3 Å². The third kappa shape index (κ3) is 6.42. The first kappa shape index (κ1) is 22.2. The third-order valence-electron chi connectivity index (χ3n) is 5.04. The number of guanidine groups is 1. The van der Waals surface area contributed by atoms with Gasteiger partial charge in [-0.1, -0.05) is 26.7 Å². The Balaban J connectivity index is 0.00000312. The van der Waals surface area contributed by atoms with E-state index in [1.165, 1.54) is 32.1 Å². The number of hydrogen-bond acceptors (Lipinski definition) is 3. The summed E-state index contributed by atoms with van der Waals surface area (Å²) in [4.78, 5) is 4.70. The highest BCUT2D eigenvalue weighted by Crippen LogP contribution is 2.42. The number of hydrogen-bond donors (Lipinski definition) is 2. The quantitative estimate of drug-likeness (QED) is 0.370. The Morgan fingerprint density at radius 2 is 1.92 bits per heavy atom. The zero-order valence-corrected chi connectivity index (χ0v) is 18.8. The van der Waals surface area contributed by atoms with Crippen LogP contribution in [0.1, 0.15) is 64.5 Å². The van der Waals surface area contributed by atoms with Crippen LogP contribution in [0.2, 0.25) is 0 Å². The summed E-state index contributed by atoms with van der Waals surface area (Å²) >= 11 is 0. The van der Waals surface area contributed by atoms with Gasteiger partial charge in [0.25, 0.3) is 0 Å². The van der Waals surface area contributed by atoms with Gasteiger partial charge in [-0.05, 0) is 44.4 Å². The summed E-state index contributed by atoms with van der Waals surface area (Å²) in [7, 11) is 1.98. The van der Waals surface area contributed by atoms with Gasteiger partial charge in [-0.3, -0.25) is 0 Å². The van der Waals surface area contributed by atoms with Gasteiger partial charge in [0.15, 0.2) is 11.8 Å². The normalized spacial score (nSPS) is 16.8. The molecule has 0 bridgehead atoms. The Morgan fingerprint density at radius 1 is 1.24 bits per heavy atom. The Kier molecular flexibility index (Phi) is 9.16. The van der Waals surface area contributed by atoms with Crippen LogP contribution in [0.25, 0.3) is 0 Å². The van der Waals surface area contributed by atoms with E-state index in [1.807, 2.05) is 18.5 Å². The van der Waals surface area contributed by atoms with Gasteiger partial charge in [-0.2, -0.15) is 0 Å². The predicted octanol–water partition coefficient (Wildman–Crippen LogP) is 3.40. The molecule has 0 amide bonds. The van der Waals surface area contributed by atoms with Crippen molar-refractivity contribution in [1.82, 2.24) is 25.4 Å². The summed E-state index contributed by atoms with van der Waals surface area (Å²) in [5, 5.41) is 15.2. The van der Waals surface area contributed by atoms with Crippen LogP contribution >= 0.6 is 24.0 Å². The Labute approximate surface area is 169 Å². The van der Waals surface area contributed by atoms with E-state index in [0.29, 0.717) is 12.0 Å². The largest absolute Gasteiger partial charge is 0.357 e. The molecule has 0 saturated heterocycles. The topological polar surface area (TPSA) is 67.1 Å². The van der Waals surface area contributed by atoms with Gasteiger partial charge in [-0.15, -0.1) is 34.2 Å². The number of halogens is 1. The molecule has 2 N–H and O–H groups in total. The molecule has 0 aliphatic heterocycles. The number of nitrogens with zero attached hydrogens (tertiary/aromatic N) is 4. The highest BCUT2D eigenvalue weighted by Gasteiger charge is 2.34. The van der Waals surface area contributed by atoms with E-state index in [-0.39, 0.29) is 24.0 Å². The van der Waals surface area contributed by atoms with E-state index in [2.05, 4.69) is 41.6 Å². The van der Waals surface area contributed by atoms with Crippen LogP contribution < -0.4 is 10.6 Å². The summed E-state index contributed by atoms with van der Waals surface area (Å²) < 4.78 is 1.99. The van der Waals surface area contributed by atoms with Gasteiger partial charge in [0.05, 0.1) is 0 Å². The molecule has 1 heterocycles. The van der Waals surface area contributed by atoms with Crippen LogP contribution in [0.5, 0.6) is 0 Å². The minimum atomic E-state index is 0. The minimum absolute atomic E-state index is 0. The first-order valence-corrected chi connectivity index (χ1v) is 9.33. The zero-order chi connectivity index (χ0) is 17.6. The van der Waals surface area contributed by atoms with Crippen molar-refractivity contribution in [3.63, 3.8) is 0 Å². The lowest BCUT2D eigenvalue weighted by molar-refractivity contribution is 0.234. The Morgan fingerprint density at radius 3 is 2.44 bits per heavy atom. The number of nitrogens with one attached hydrogen (secondary N) is 2. The summed E-state index contributed by atoms with van der Waals surface area (Å²) in [5.41, 5.74) is 0.436. The van der Waals surface area contributed by atoms with E-state index in [1.54, 1.807) is 0 Å². The van der Waals surface area contributed by atoms with Crippen LogP contribution in [0.15, 0.2) is 4.99 Å². The Bertz CT molecular complexity index is 546. The first-order valence-electron chi connectivity index (χ1n) is 9.33. The molecule has 0 radical (unpaired) electrons. The molecule has 1 aromatic rings. The van der Waals surface area contributed by atoms with E-state index < -0.39 is 0 Å². The summed E-state index contributed by atoms with van der Waals surface area (Å²) in [6.45, 7) is 11.1. The number of rotatable bonds is 7. The van der Waals surface area contributed by atoms with Crippen molar-refractivity contribution in [3.8, 4) is 0 Å². The fourth-order valence-corrected chi connectivity index (χ4v) is 3.80. The molecule has 1 aromatic heterocycles. The van der Waals surface area contributed by atoms with Gasteiger partial charge < -0.3 is 15.2 Å². The molecule has 1 saturated carbocycles. The number of aromatic nitrogens is 3. The molecule has 0 aromatic carbocycles. The first-order chi connectivity index (χ1) is 11.5. The minimum Gasteiger partial charge on any atom is -0.357 e. The van der Waals surface area contributed by atoms with E-state index >= 15 is 0 Å². The maximum absolute atomic E-state index is 4.70. The monoisotopic (exact) mass is 462 g/mol. The third-order valence-corrected chi connectivity index (χ3v) is 5.04. The van der Waals surface area contributed by atoms with E-state index in [0.717, 1.165) is 36.6 Å². The van der Waals surface area contributed by atoms with Crippen molar-refractivity contribution < 1.29 is 0 Å². The molecule has 25 heavy (non-hydrogen) atoms. The van der Waals surface area contributed by atoms with Gasteiger partial charge in [0, 0.05) is 20.1 Å². The van der Waals surface area contributed by atoms with Crippen molar-refractivity contribution in [1.29, 1.82) is 0 Å². The molecule has 0 spiro atoms. The summed E-state index contributed by atoms with van der Waals surface area (Å²) in [6.07, 6.45) is 6.68. The number of aryl methyl sites for hydroxylation is 1. The van der Waals surface area contributed by atoms with Gasteiger partial charge in [-0.25, -0.2) is 4.99 Å². The molecule has 1 aliphatic rings. The lowest BCUT2D eigenvalue weighted by Crippen LogP contribution is -2.43.